The van der Waals surface area contributed by atoms with E-state index in [2.05, 4.69) is 52.9 Å². The molecule has 1 N–H and O–H groups in total. The summed E-state index contributed by atoms with van der Waals surface area (Å²) >= 11 is 0. The van der Waals surface area contributed by atoms with Crippen LogP contribution in [0.5, 0.6) is 0 Å². The summed E-state index contributed by atoms with van der Waals surface area (Å²) in [7, 11) is -1.79. The van der Waals surface area contributed by atoms with Crippen LogP contribution in [0.15, 0.2) is 30.3 Å². The van der Waals surface area contributed by atoms with Crippen molar-refractivity contribution in [2.24, 2.45) is 5.92 Å². The molecule has 2 atom stereocenters. The van der Waals surface area contributed by atoms with Gasteiger partial charge in [0, 0.05) is 12.7 Å². The molecule has 1 aromatic rings. The second-order valence-corrected chi connectivity index (χ2v) is 13.6. The standard InChI is InChI=1S/C22H39NO2Si/c1-19(15-16-23)21(25-26(5,6)22(2,3)4)14-10-11-17-24-18-20-12-8-7-9-13-20/h7-9,12-13,16,19,21,23H,10-11,14-15,17-18H2,1-6H3/t19-,21-/m1/s1. The van der Waals surface area contributed by atoms with Gasteiger partial charge in [0.25, 0.3) is 0 Å². The molecule has 1 aromatic carbocycles. The number of hydrogen-bond donors (Lipinski definition) is 1. The fraction of sp³-hybridized carbons (Fsp3) is 0.682. The van der Waals surface area contributed by atoms with E-state index in [1.54, 1.807) is 0 Å². The summed E-state index contributed by atoms with van der Waals surface area (Å²) in [5.41, 5.74) is 1.23. The SMILES string of the molecule is C[C@H](CC=N)[C@@H](CCCCOCc1ccccc1)O[Si](C)(C)C(C)(C)C. The number of rotatable bonds is 12. The van der Waals surface area contributed by atoms with Crippen molar-refractivity contribution >= 4 is 14.5 Å². The number of hydrogen-bond acceptors (Lipinski definition) is 3. The second-order valence-electron chi connectivity index (χ2n) is 8.87. The Balaban J connectivity index is 2.42. The quantitative estimate of drug-likeness (QED) is 0.259. The molecule has 1 rings (SSSR count). The van der Waals surface area contributed by atoms with Crippen LogP contribution >= 0.6 is 0 Å². The van der Waals surface area contributed by atoms with Crippen LogP contribution in [0.3, 0.4) is 0 Å². The first-order valence-electron chi connectivity index (χ1n) is 9.96. The highest BCUT2D eigenvalue weighted by Crippen LogP contribution is 2.39. The first kappa shape index (κ1) is 23.1. The summed E-state index contributed by atoms with van der Waals surface area (Å²) in [6, 6.07) is 10.3. The van der Waals surface area contributed by atoms with E-state index in [0.717, 1.165) is 32.3 Å². The number of unbranched alkanes of at least 4 members (excludes halogenated alkanes) is 1. The van der Waals surface area contributed by atoms with Gasteiger partial charge in [-0.3, -0.25) is 0 Å². The molecule has 0 saturated carbocycles. The summed E-state index contributed by atoms with van der Waals surface area (Å²) in [5.74, 6) is 0.395. The highest BCUT2D eigenvalue weighted by Gasteiger charge is 2.39. The predicted molar refractivity (Wildman–Crippen MR) is 115 cm³/mol. The van der Waals surface area contributed by atoms with Crippen molar-refractivity contribution in [3.63, 3.8) is 0 Å². The lowest BCUT2D eigenvalue weighted by Gasteiger charge is -2.41. The van der Waals surface area contributed by atoms with E-state index < -0.39 is 8.32 Å². The Labute approximate surface area is 162 Å². The molecule has 0 bridgehead atoms. The van der Waals surface area contributed by atoms with Crippen LogP contribution in [0.2, 0.25) is 18.1 Å². The summed E-state index contributed by atoms with van der Waals surface area (Å²) in [6.45, 7) is 15.2. The molecule has 148 valence electrons. The summed E-state index contributed by atoms with van der Waals surface area (Å²) in [5, 5.41) is 7.66. The van der Waals surface area contributed by atoms with Gasteiger partial charge in [0.05, 0.1) is 6.61 Å². The Bertz CT molecular complexity index is 511. The zero-order valence-electron chi connectivity index (χ0n) is 17.7. The van der Waals surface area contributed by atoms with Gasteiger partial charge in [0.15, 0.2) is 8.32 Å². The third-order valence-corrected chi connectivity index (χ3v) is 10.0. The minimum atomic E-state index is -1.79. The zero-order chi connectivity index (χ0) is 19.6. The maximum Gasteiger partial charge on any atom is 0.192 e. The van der Waals surface area contributed by atoms with Crippen LogP contribution in [0.4, 0.5) is 0 Å². The van der Waals surface area contributed by atoms with Gasteiger partial charge in [-0.1, -0.05) is 58.0 Å². The maximum absolute atomic E-state index is 7.44. The molecule has 4 heteroatoms. The minimum Gasteiger partial charge on any atom is -0.414 e. The molecule has 0 aromatic heterocycles. The van der Waals surface area contributed by atoms with E-state index in [9.17, 15) is 0 Å². The fourth-order valence-electron chi connectivity index (χ4n) is 2.67. The van der Waals surface area contributed by atoms with Gasteiger partial charge in [-0.2, -0.15) is 0 Å². The molecule has 0 unspecified atom stereocenters. The van der Waals surface area contributed by atoms with Gasteiger partial charge >= 0.3 is 0 Å². The summed E-state index contributed by atoms with van der Waals surface area (Å²) in [4.78, 5) is 0. The van der Waals surface area contributed by atoms with Crippen molar-refractivity contribution in [2.45, 2.75) is 84.2 Å². The van der Waals surface area contributed by atoms with E-state index >= 15 is 0 Å². The van der Waals surface area contributed by atoms with Crippen molar-refractivity contribution in [3.05, 3.63) is 35.9 Å². The van der Waals surface area contributed by atoms with E-state index in [4.69, 9.17) is 14.6 Å². The van der Waals surface area contributed by atoms with E-state index in [-0.39, 0.29) is 11.1 Å². The van der Waals surface area contributed by atoms with Gasteiger partial charge in [-0.25, -0.2) is 0 Å². The molecule has 0 amide bonds. The molecule has 0 saturated heterocycles. The van der Waals surface area contributed by atoms with Gasteiger partial charge < -0.3 is 14.6 Å². The lowest BCUT2D eigenvalue weighted by molar-refractivity contribution is 0.0976. The first-order chi connectivity index (χ1) is 12.2. The monoisotopic (exact) mass is 377 g/mol. The number of ether oxygens (including phenoxy) is 1. The zero-order valence-corrected chi connectivity index (χ0v) is 18.7. The third-order valence-electron chi connectivity index (χ3n) is 5.52. The normalized spacial score (nSPS) is 14.8. The van der Waals surface area contributed by atoms with Gasteiger partial charge in [-0.05, 0) is 61.5 Å². The smallest absolute Gasteiger partial charge is 0.192 e. The molecule has 0 aliphatic rings. The average molecular weight is 378 g/mol. The van der Waals surface area contributed by atoms with Crippen molar-refractivity contribution in [3.8, 4) is 0 Å². The Morgan fingerprint density at radius 3 is 2.35 bits per heavy atom. The van der Waals surface area contributed by atoms with Crippen LogP contribution in [0.1, 0.15) is 58.9 Å². The number of benzene rings is 1. The molecule has 0 radical (unpaired) electrons. The second kappa shape index (κ2) is 11.0. The minimum absolute atomic E-state index is 0.217. The van der Waals surface area contributed by atoms with Crippen molar-refractivity contribution in [1.82, 2.24) is 0 Å². The predicted octanol–water partition coefficient (Wildman–Crippen LogP) is 6.44. The van der Waals surface area contributed by atoms with Crippen LogP contribution in [-0.4, -0.2) is 27.2 Å². The van der Waals surface area contributed by atoms with Crippen molar-refractivity contribution in [1.29, 1.82) is 5.41 Å². The first-order valence-corrected chi connectivity index (χ1v) is 12.9. The summed E-state index contributed by atoms with van der Waals surface area (Å²) < 4.78 is 12.5. The van der Waals surface area contributed by atoms with Crippen LogP contribution < -0.4 is 0 Å². The van der Waals surface area contributed by atoms with Gasteiger partial charge in [-0.15, -0.1) is 0 Å². The van der Waals surface area contributed by atoms with Crippen LogP contribution in [0.25, 0.3) is 0 Å². The Morgan fingerprint density at radius 2 is 1.77 bits per heavy atom. The van der Waals surface area contributed by atoms with Gasteiger partial charge in [0.2, 0.25) is 0 Å². The molecule has 26 heavy (non-hydrogen) atoms. The lowest BCUT2D eigenvalue weighted by Crippen LogP contribution is -2.45. The van der Waals surface area contributed by atoms with E-state index in [1.807, 2.05) is 18.2 Å². The average Bonchev–Trinajstić information content (AvgIpc) is 2.57. The van der Waals surface area contributed by atoms with Gasteiger partial charge in [0.1, 0.15) is 0 Å². The molecule has 0 aliphatic heterocycles. The van der Waals surface area contributed by atoms with Crippen molar-refractivity contribution < 1.29 is 9.16 Å². The van der Waals surface area contributed by atoms with Crippen LogP contribution in [-0.2, 0) is 15.8 Å². The highest BCUT2D eigenvalue weighted by molar-refractivity contribution is 6.74. The van der Waals surface area contributed by atoms with E-state index in [0.29, 0.717) is 12.5 Å². The van der Waals surface area contributed by atoms with E-state index in [1.165, 1.54) is 11.8 Å². The highest BCUT2D eigenvalue weighted by atomic mass is 28.4. The molecular weight excluding hydrogens is 338 g/mol. The molecule has 0 spiro atoms. The molecule has 0 fully saturated rings. The largest absolute Gasteiger partial charge is 0.414 e. The summed E-state index contributed by atoms with van der Waals surface area (Å²) in [6.07, 6.45) is 5.78. The molecule has 3 nitrogen and oxygen atoms in total. The Hall–Kier alpha value is -0.973. The van der Waals surface area contributed by atoms with Crippen LogP contribution in [0, 0.1) is 11.3 Å². The maximum atomic E-state index is 7.44. The molecular formula is C22H39NO2Si. The fourth-order valence-corrected chi connectivity index (χ4v) is 4.13. The molecule has 0 aliphatic carbocycles. The van der Waals surface area contributed by atoms with Crippen molar-refractivity contribution in [2.75, 3.05) is 6.61 Å². The topological polar surface area (TPSA) is 42.3 Å². The number of nitrogens with one attached hydrogen (secondary N) is 1. The lowest BCUT2D eigenvalue weighted by atomic mass is 9.97. The Kier molecular flexibility index (Phi) is 9.76. The third kappa shape index (κ3) is 8.15. The molecule has 0 heterocycles. The Morgan fingerprint density at radius 1 is 1.12 bits per heavy atom.